The van der Waals surface area contributed by atoms with Gasteiger partial charge in [-0.25, -0.2) is 0 Å². The van der Waals surface area contributed by atoms with Crippen molar-refractivity contribution < 1.29 is 0 Å². The van der Waals surface area contributed by atoms with E-state index in [4.69, 9.17) is 6.42 Å². The van der Waals surface area contributed by atoms with Crippen LogP contribution in [0.15, 0.2) is 53.0 Å². The van der Waals surface area contributed by atoms with Crippen molar-refractivity contribution in [2.24, 2.45) is 35.5 Å². The second-order valence-corrected chi connectivity index (χ2v) is 30.9. The highest BCUT2D eigenvalue weighted by molar-refractivity contribution is 9.10. The maximum atomic E-state index is 5.12. The van der Waals surface area contributed by atoms with Crippen molar-refractivity contribution in [3.8, 4) is 23.4 Å². The van der Waals surface area contributed by atoms with E-state index < -0.39 is 16.1 Å². The molecule has 0 aromatic heterocycles. The van der Waals surface area contributed by atoms with Crippen LogP contribution in [-0.2, 0) is 0 Å². The van der Waals surface area contributed by atoms with Gasteiger partial charge in [-0.05, 0) is 160 Å². The van der Waals surface area contributed by atoms with Crippen LogP contribution in [0, 0.1) is 58.9 Å². The highest BCUT2D eigenvalue weighted by Crippen LogP contribution is 2.46. The van der Waals surface area contributed by atoms with E-state index in [9.17, 15) is 0 Å². The predicted octanol–water partition coefficient (Wildman–Crippen LogP) is 16.6. The maximum Gasteiger partial charge on any atom is 0.129 e. The van der Waals surface area contributed by atoms with Gasteiger partial charge in [0.25, 0.3) is 0 Å². The molecule has 55 heavy (non-hydrogen) atoms. The topological polar surface area (TPSA) is 0 Å². The number of halogens is 1. The van der Waals surface area contributed by atoms with Gasteiger partial charge in [0.05, 0.1) is 0 Å². The Kier molecular flexibility index (Phi) is 19.4. The summed E-state index contributed by atoms with van der Waals surface area (Å²) in [5, 5.41) is 0. The Balaban J connectivity index is 0.000000216. The molecule has 6 rings (SSSR count). The van der Waals surface area contributed by atoms with Crippen LogP contribution in [0.4, 0.5) is 0 Å². The summed E-state index contributed by atoms with van der Waals surface area (Å²) in [7, 11) is -2.38. The number of terminal acetylenes is 1. The second kappa shape index (κ2) is 23.2. The Bertz CT molecular complexity index is 1440. The van der Waals surface area contributed by atoms with Gasteiger partial charge in [-0.15, -0.1) is 17.5 Å². The summed E-state index contributed by atoms with van der Waals surface area (Å²) in [6.07, 6.45) is 34.5. The quantitative estimate of drug-likeness (QED) is 0.183. The molecule has 0 N–H and O–H groups in total. The maximum absolute atomic E-state index is 5.12. The summed E-state index contributed by atoms with van der Waals surface area (Å²) in [5.74, 6) is 11.3. The summed E-state index contributed by atoms with van der Waals surface area (Å²) in [5.41, 5.74) is 10.5. The number of rotatable bonds is 8. The summed E-state index contributed by atoms with van der Waals surface area (Å²) >= 11 is 3.55. The Morgan fingerprint density at radius 3 is 1.15 bits per heavy atom. The Hall–Kier alpha value is -1.53. The third-order valence-corrected chi connectivity index (χ3v) is 16.1. The molecule has 0 unspecified atom stereocenters. The number of hydrogen-bond donors (Lipinski definition) is 0. The van der Waals surface area contributed by atoms with E-state index in [0.29, 0.717) is 0 Å². The van der Waals surface area contributed by atoms with Crippen LogP contribution >= 0.6 is 15.9 Å². The van der Waals surface area contributed by atoms with Gasteiger partial charge >= 0.3 is 0 Å². The lowest BCUT2D eigenvalue weighted by atomic mass is 9.68. The van der Waals surface area contributed by atoms with E-state index in [1.807, 2.05) is 0 Å². The Labute approximate surface area is 352 Å². The minimum Gasteiger partial charge on any atom is -0.135 e. The molecule has 0 spiro atoms. The van der Waals surface area contributed by atoms with Gasteiger partial charge in [0.2, 0.25) is 0 Å². The molecular formula is C52H81BrSi2. The van der Waals surface area contributed by atoms with Gasteiger partial charge in [0, 0.05) is 10.0 Å². The zero-order chi connectivity index (χ0) is 39.8. The fourth-order valence-electron chi connectivity index (χ4n) is 10.4. The molecule has 2 aromatic carbocycles. The van der Waals surface area contributed by atoms with Crippen LogP contribution in [0.3, 0.4) is 0 Å². The van der Waals surface area contributed by atoms with E-state index >= 15 is 0 Å². The van der Waals surface area contributed by atoms with Crippen LogP contribution in [0.5, 0.6) is 0 Å². The van der Waals surface area contributed by atoms with E-state index in [1.54, 1.807) is 11.1 Å². The van der Waals surface area contributed by atoms with E-state index in [1.165, 1.54) is 138 Å². The minimum absolute atomic E-state index is 0.789. The lowest BCUT2D eigenvalue weighted by Gasteiger charge is -2.38. The third kappa shape index (κ3) is 16.7. The monoisotopic (exact) mass is 841 g/mol. The van der Waals surface area contributed by atoms with E-state index in [-0.39, 0.29) is 0 Å². The SMILES string of the molecule is C#C[Si](C)(C)C.CCCC1CCC(C2CCC(c3ccc(Br)cc3)CC2)CC1.CCCC1CCC(C2CCC(c3ccc(C#C[Si](C)(C)C)cc3)CC2)CC1. The second-order valence-electron chi connectivity index (χ2n) is 20.4. The van der Waals surface area contributed by atoms with E-state index in [0.717, 1.165) is 47.3 Å². The average Bonchev–Trinajstić information content (AvgIpc) is 3.19. The highest BCUT2D eigenvalue weighted by atomic mass is 79.9. The van der Waals surface area contributed by atoms with Crippen molar-refractivity contribution in [1.82, 2.24) is 0 Å². The average molecular weight is 842 g/mol. The molecule has 0 aliphatic heterocycles. The number of hydrogen-bond acceptors (Lipinski definition) is 0. The molecule has 304 valence electrons. The van der Waals surface area contributed by atoms with Gasteiger partial charge < -0.3 is 0 Å². The lowest BCUT2D eigenvalue weighted by Crippen LogP contribution is -2.25. The summed E-state index contributed by atoms with van der Waals surface area (Å²) in [6.45, 7) is 18.1. The Morgan fingerprint density at radius 1 is 0.509 bits per heavy atom. The fourth-order valence-corrected chi connectivity index (χ4v) is 11.2. The molecule has 0 atom stereocenters. The van der Waals surface area contributed by atoms with Crippen LogP contribution in [0.1, 0.15) is 171 Å². The third-order valence-electron chi connectivity index (χ3n) is 13.8. The minimum atomic E-state index is -1.28. The van der Waals surface area contributed by atoms with Crippen LogP contribution < -0.4 is 0 Å². The molecule has 3 heteroatoms. The first-order valence-corrected chi connectivity index (χ1v) is 30.9. The first-order valence-electron chi connectivity index (χ1n) is 23.1. The lowest BCUT2D eigenvalue weighted by molar-refractivity contribution is 0.156. The predicted molar refractivity (Wildman–Crippen MR) is 253 cm³/mol. The molecule has 4 aliphatic rings. The van der Waals surface area contributed by atoms with Gasteiger partial charge in [0.1, 0.15) is 16.1 Å². The van der Waals surface area contributed by atoms with Crippen molar-refractivity contribution in [3.63, 3.8) is 0 Å². The molecule has 2 aromatic rings. The number of benzene rings is 2. The van der Waals surface area contributed by atoms with Crippen molar-refractivity contribution in [3.05, 3.63) is 69.7 Å². The van der Waals surface area contributed by atoms with Crippen LogP contribution in [0.25, 0.3) is 0 Å². The summed E-state index contributed by atoms with van der Waals surface area (Å²) in [4.78, 5) is 0. The van der Waals surface area contributed by atoms with Gasteiger partial charge in [-0.1, -0.05) is 151 Å². The van der Waals surface area contributed by atoms with Crippen molar-refractivity contribution >= 4 is 32.1 Å². The van der Waals surface area contributed by atoms with Crippen molar-refractivity contribution in [2.75, 3.05) is 0 Å². The van der Waals surface area contributed by atoms with Gasteiger partial charge in [-0.3, -0.25) is 0 Å². The zero-order valence-electron chi connectivity index (χ0n) is 36.8. The summed E-state index contributed by atoms with van der Waals surface area (Å²) in [6, 6.07) is 18.3. The van der Waals surface area contributed by atoms with Crippen molar-refractivity contribution in [1.29, 1.82) is 0 Å². The largest absolute Gasteiger partial charge is 0.135 e. The van der Waals surface area contributed by atoms with Crippen LogP contribution in [0.2, 0.25) is 39.3 Å². The molecular weight excluding hydrogens is 761 g/mol. The Morgan fingerprint density at radius 2 is 0.836 bits per heavy atom. The standard InChI is InChI=1S/C26H40Si.C21H31Br.C5H10Si/c1-5-6-21-7-11-23(12-8-21)25-15-17-26(18-16-25)24-13-9-22(10-14-24)19-20-27(2,3)4;1-2-3-16-4-6-17(7-5-16)18-8-10-19(11-9-18)20-12-14-21(22)15-13-20;1-5-6(2,3)4/h9-10,13-14,21,23,25-26H,5-8,11-12,15-18H2,1-4H3;12-19H,2-11H2,1H3;1H,2-4H3. The smallest absolute Gasteiger partial charge is 0.129 e. The zero-order valence-corrected chi connectivity index (χ0v) is 40.4. The normalized spacial score (nSPS) is 28.5. The van der Waals surface area contributed by atoms with E-state index in [2.05, 4.69) is 135 Å². The molecule has 0 nitrogen and oxygen atoms in total. The fraction of sp³-hybridized carbons (Fsp3) is 0.692. The van der Waals surface area contributed by atoms with Gasteiger partial charge in [0.15, 0.2) is 0 Å². The molecule has 4 aliphatic carbocycles. The highest BCUT2D eigenvalue weighted by Gasteiger charge is 2.32. The molecule has 0 bridgehead atoms. The first kappa shape index (κ1) is 46.2. The van der Waals surface area contributed by atoms with Crippen LogP contribution in [-0.4, -0.2) is 16.1 Å². The molecule has 0 amide bonds. The molecule has 0 radical (unpaired) electrons. The molecule has 0 saturated heterocycles. The molecule has 4 fully saturated rings. The first-order chi connectivity index (χ1) is 26.3. The molecule has 4 saturated carbocycles. The van der Waals surface area contributed by atoms with Crippen molar-refractivity contribution in [2.45, 2.75) is 193 Å². The molecule has 0 heterocycles. The van der Waals surface area contributed by atoms with Gasteiger partial charge in [-0.2, -0.15) is 0 Å². The summed E-state index contributed by atoms with van der Waals surface area (Å²) < 4.78 is 1.20.